The molecule has 0 aliphatic rings. The van der Waals surface area contributed by atoms with Crippen molar-refractivity contribution in [3.63, 3.8) is 0 Å². The van der Waals surface area contributed by atoms with Gasteiger partial charge >= 0.3 is 0 Å². The summed E-state index contributed by atoms with van der Waals surface area (Å²) in [5.41, 5.74) is 2.54. The summed E-state index contributed by atoms with van der Waals surface area (Å²) < 4.78 is 38.5. The third-order valence-corrected chi connectivity index (χ3v) is 5.61. The molecule has 0 heterocycles. The monoisotopic (exact) mass is 406 g/mol. The summed E-state index contributed by atoms with van der Waals surface area (Å²) in [5, 5.41) is 2.85. The van der Waals surface area contributed by atoms with Crippen LogP contribution in [0.5, 0.6) is 0 Å². The molecule has 0 radical (unpaired) electrons. The number of amides is 1. The van der Waals surface area contributed by atoms with Gasteiger partial charge in [-0.1, -0.05) is 30.3 Å². The van der Waals surface area contributed by atoms with E-state index in [-0.39, 0.29) is 24.7 Å². The van der Waals surface area contributed by atoms with Gasteiger partial charge in [0.2, 0.25) is 15.9 Å². The molecule has 0 aliphatic heterocycles. The number of benzene rings is 2. The number of carbonyl (C=O) groups excluding carboxylic acids is 1. The van der Waals surface area contributed by atoms with Gasteiger partial charge in [-0.15, -0.1) is 0 Å². The second kappa shape index (κ2) is 10.2. The highest BCUT2D eigenvalue weighted by Gasteiger charge is 2.18. The van der Waals surface area contributed by atoms with E-state index in [1.807, 2.05) is 19.1 Å². The lowest BCUT2D eigenvalue weighted by molar-refractivity contribution is -0.121. The van der Waals surface area contributed by atoms with Gasteiger partial charge < -0.3 is 5.32 Å². The lowest BCUT2D eigenvalue weighted by Crippen LogP contribution is -2.32. The maximum absolute atomic E-state index is 12.9. The van der Waals surface area contributed by atoms with Crippen molar-refractivity contribution < 1.29 is 17.6 Å². The molecule has 152 valence electrons. The Bertz CT molecular complexity index is 883. The number of halogens is 1. The molecule has 28 heavy (non-hydrogen) atoms. The minimum atomic E-state index is -3.42. The van der Waals surface area contributed by atoms with Crippen LogP contribution in [0.4, 0.5) is 10.1 Å². The van der Waals surface area contributed by atoms with Gasteiger partial charge in [-0.2, -0.15) is 0 Å². The summed E-state index contributed by atoms with van der Waals surface area (Å²) in [5.74, 6) is -0.358. The molecule has 1 amide bonds. The summed E-state index contributed by atoms with van der Waals surface area (Å²) in [4.78, 5) is 12.0. The number of para-hydroxylation sites is 1. The average Bonchev–Trinajstić information content (AvgIpc) is 2.64. The van der Waals surface area contributed by atoms with Crippen LogP contribution in [0.2, 0.25) is 0 Å². The van der Waals surface area contributed by atoms with Gasteiger partial charge in [-0.05, 0) is 55.5 Å². The number of hydrogen-bond acceptors (Lipinski definition) is 3. The number of anilines is 1. The molecule has 0 fully saturated rings. The zero-order valence-corrected chi connectivity index (χ0v) is 17.1. The molecule has 0 saturated carbocycles. The molecule has 0 aliphatic carbocycles. The van der Waals surface area contributed by atoms with Crippen LogP contribution in [0, 0.1) is 12.7 Å². The van der Waals surface area contributed by atoms with Crippen molar-refractivity contribution in [1.82, 2.24) is 5.32 Å². The minimum absolute atomic E-state index is 0.0997. The number of sulfonamides is 1. The Morgan fingerprint density at radius 2 is 1.75 bits per heavy atom. The predicted octanol–water partition coefficient (Wildman–Crippen LogP) is 3.43. The largest absolute Gasteiger partial charge is 0.356 e. The Morgan fingerprint density at radius 1 is 1.07 bits per heavy atom. The zero-order valence-electron chi connectivity index (χ0n) is 16.3. The lowest BCUT2D eigenvalue weighted by Gasteiger charge is -2.24. The fourth-order valence-corrected chi connectivity index (χ4v) is 3.97. The highest BCUT2D eigenvalue weighted by Crippen LogP contribution is 2.22. The highest BCUT2D eigenvalue weighted by molar-refractivity contribution is 7.92. The number of aryl methyl sites for hydroxylation is 2. The van der Waals surface area contributed by atoms with Crippen molar-refractivity contribution in [2.24, 2.45) is 0 Å². The first-order chi connectivity index (χ1) is 13.3. The molecule has 2 aromatic carbocycles. The normalized spacial score (nSPS) is 11.2. The second-order valence-electron chi connectivity index (χ2n) is 6.81. The van der Waals surface area contributed by atoms with E-state index in [1.54, 1.807) is 24.3 Å². The number of carbonyl (C=O) groups is 1. The van der Waals surface area contributed by atoms with Crippen LogP contribution < -0.4 is 9.62 Å². The standard InChI is InChI=1S/C21H27FN2O3S/c1-17-7-3-4-9-20(17)24(28(2,26)27)16-6-10-21(25)23-15-5-8-18-11-13-19(22)14-12-18/h3-4,7,9,11-14H,5-6,8,10,15-16H2,1-2H3,(H,23,25). The summed E-state index contributed by atoms with van der Waals surface area (Å²) >= 11 is 0. The van der Waals surface area contributed by atoms with Gasteiger partial charge in [-0.3, -0.25) is 9.10 Å². The summed E-state index contributed by atoms with van der Waals surface area (Å²) in [6, 6.07) is 13.6. The van der Waals surface area contributed by atoms with Crippen molar-refractivity contribution in [2.75, 3.05) is 23.7 Å². The maximum Gasteiger partial charge on any atom is 0.232 e. The van der Waals surface area contributed by atoms with Crippen molar-refractivity contribution >= 4 is 21.6 Å². The van der Waals surface area contributed by atoms with Gasteiger partial charge in [-0.25, -0.2) is 12.8 Å². The third-order valence-electron chi connectivity index (χ3n) is 4.43. The van der Waals surface area contributed by atoms with Gasteiger partial charge in [0.05, 0.1) is 11.9 Å². The Kier molecular flexibility index (Phi) is 7.99. The SMILES string of the molecule is Cc1ccccc1N(CCCC(=O)NCCCc1ccc(F)cc1)S(C)(=O)=O. The molecule has 7 heteroatoms. The Labute approximate surface area is 166 Å². The minimum Gasteiger partial charge on any atom is -0.356 e. The van der Waals surface area contributed by atoms with Gasteiger partial charge in [0.15, 0.2) is 0 Å². The smallest absolute Gasteiger partial charge is 0.232 e. The molecule has 2 aromatic rings. The van der Waals surface area contributed by atoms with Crippen LogP contribution in [-0.2, 0) is 21.2 Å². The number of hydrogen-bond donors (Lipinski definition) is 1. The molecule has 0 unspecified atom stereocenters. The van der Waals surface area contributed by atoms with Crippen LogP contribution in [-0.4, -0.2) is 33.7 Å². The van der Waals surface area contributed by atoms with E-state index in [2.05, 4.69) is 5.32 Å². The van der Waals surface area contributed by atoms with E-state index in [4.69, 9.17) is 0 Å². The van der Waals surface area contributed by atoms with E-state index in [1.165, 1.54) is 22.7 Å². The number of nitrogens with zero attached hydrogens (tertiary/aromatic N) is 1. The van der Waals surface area contributed by atoms with E-state index in [0.29, 0.717) is 18.7 Å². The Balaban J connectivity index is 1.75. The first-order valence-electron chi connectivity index (χ1n) is 9.32. The molecule has 0 saturated heterocycles. The first-order valence-corrected chi connectivity index (χ1v) is 11.2. The molecule has 1 N–H and O–H groups in total. The third kappa shape index (κ3) is 6.96. The molecular formula is C21H27FN2O3S. The molecule has 0 spiro atoms. The van der Waals surface area contributed by atoms with Gasteiger partial charge in [0, 0.05) is 19.5 Å². The van der Waals surface area contributed by atoms with E-state index in [9.17, 15) is 17.6 Å². The topological polar surface area (TPSA) is 66.5 Å². The summed E-state index contributed by atoms with van der Waals surface area (Å²) in [7, 11) is -3.42. The van der Waals surface area contributed by atoms with E-state index >= 15 is 0 Å². The first kappa shape index (κ1) is 21.9. The second-order valence-corrected chi connectivity index (χ2v) is 8.71. The van der Waals surface area contributed by atoms with Crippen LogP contribution in [0.1, 0.15) is 30.4 Å². The van der Waals surface area contributed by atoms with Crippen LogP contribution in [0.3, 0.4) is 0 Å². The van der Waals surface area contributed by atoms with E-state index < -0.39 is 10.0 Å². The Hall–Kier alpha value is -2.41. The predicted molar refractivity (Wildman–Crippen MR) is 110 cm³/mol. The zero-order chi connectivity index (χ0) is 20.6. The highest BCUT2D eigenvalue weighted by atomic mass is 32.2. The summed E-state index contributed by atoms with van der Waals surface area (Å²) in [6.07, 6.45) is 3.39. The van der Waals surface area contributed by atoms with Crippen molar-refractivity contribution in [2.45, 2.75) is 32.6 Å². The Morgan fingerprint density at radius 3 is 2.39 bits per heavy atom. The van der Waals surface area contributed by atoms with E-state index in [0.717, 1.165) is 24.0 Å². The molecule has 0 aromatic heterocycles. The van der Waals surface area contributed by atoms with Crippen molar-refractivity contribution in [1.29, 1.82) is 0 Å². The number of rotatable bonds is 10. The maximum atomic E-state index is 12.9. The molecular weight excluding hydrogens is 379 g/mol. The average molecular weight is 407 g/mol. The fourth-order valence-electron chi connectivity index (χ4n) is 2.95. The molecule has 2 rings (SSSR count). The lowest BCUT2D eigenvalue weighted by atomic mass is 10.1. The van der Waals surface area contributed by atoms with Crippen molar-refractivity contribution in [3.05, 3.63) is 65.5 Å². The van der Waals surface area contributed by atoms with Crippen LogP contribution in [0.15, 0.2) is 48.5 Å². The quantitative estimate of drug-likeness (QED) is 0.615. The van der Waals surface area contributed by atoms with Crippen molar-refractivity contribution in [3.8, 4) is 0 Å². The van der Waals surface area contributed by atoms with Gasteiger partial charge in [0.1, 0.15) is 5.82 Å². The fraction of sp³-hybridized carbons (Fsp3) is 0.381. The molecule has 5 nitrogen and oxygen atoms in total. The number of nitrogens with one attached hydrogen (secondary N) is 1. The van der Waals surface area contributed by atoms with Gasteiger partial charge in [0.25, 0.3) is 0 Å². The van der Waals surface area contributed by atoms with Crippen LogP contribution >= 0.6 is 0 Å². The molecule has 0 bridgehead atoms. The molecule has 0 atom stereocenters. The summed E-state index contributed by atoms with van der Waals surface area (Å²) in [6.45, 7) is 2.65. The van der Waals surface area contributed by atoms with Crippen LogP contribution in [0.25, 0.3) is 0 Å².